The fraction of sp³-hybridized carbons (Fsp3) is 0.444. The molecular weight excluding hydrogens is 447 g/mol. The maximum atomic E-state index is 14.2. The first-order chi connectivity index (χ1) is 17.0. The van der Waals surface area contributed by atoms with Gasteiger partial charge in [-0.1, -0.05) is 11.2 Å². The Balaban J connectivity index is 1.45. The minimum atomic E-state index is -0.344. The topological polar surface area (TPSA) is 75.2 Å². The number of aryl methyl sites for hydroxylation is 5. The number of hydrogen-bond acceptors (Lipinski definition) is 6. The van der Waals surface area contributed by atoms with E-state index in [1.165, 1.54) is 7.11 Å². The molecule has 0 bridgehead atoms. The fourth-order valence-electron chi connectivity index (χ4n) is 4.98. The van der Waals surface area contributed by atoms with Crippen molar-refractivity contribution >= 4 is 11.2 Å². The van der Waals surface area contributed by atoms with Crippen LogP contribution < -0.4 is 4.74 Å². The molecule has 1 aliphatic rings. The molecule has 0 radical (unpaired) electrons. The molecule has 184 valence electrons. The quantitative estimate of drug-likeness (QED) is 0.335. The Hall–Kier alpha value is -3.26. The van der Waals surface area contributed by atoms with Crippen LogP contribution in [0.4, 0.5) is 4.39 Å². The second-order valence-corrected chi connectivity index (χ2v) is 9.26. The van der Waals surface area contributed by atoms with Gasteiger partial charge in [0.2, 0.25) is 0 Å². The molecular formula is C27H31FN4O3. The molecule has 0 unspecified atom stereocenters. The number of benzene rings is 1. The molecule has 35 heavy (non-hydrogen) atoms. The van der Waals surface area contributed by atoms with Gasteiger partial charge in [-0.25, -0.2) is 14.4 Å². The van der Waals surface area contributed by atoms with Crippen molar-refractivity contribution in [2.24, 2.45) is 5.92 Å². The minimum Gasteiger partial charge on any atom is -0.494 e. The van der Waals surface area contributed by atoms with Crippen molar-refractivity contribution in [3.63, 3.8) is 0 Å². The highest BCUT2D eigenvalue weighted by molar-refractivity contribution is 5.80. The third-order valence-electron chi connectivity index (χ3n) is 6.94. The van der Waals surface area contributed by atoms with E-state index in [0.717, 1.165) is 84.2 Å². The highest BCUT2D eigenvalue weighted by Gasteiger charge is 2.19. The first-order valence-electron chi connectivity index (χ1n) is 12.2. The van der Waals surface area contributed by atoms with Gasteiger partial charge in [-0.3, -0.25) is 0 Å². The minimum absolute atomic E-state index is 0.258. The molecule has 0 atom stereocenters. The van der Waals surface area contributed by atoms with Gasteiger partial charge in [0.25, 0.3) is 0 Å². The third-order valence-corrected chi connectivity index (χ3v) is 6.94. The highest BCUT2D eigenvalue weighted by atomic mass is 19.1. The lowest BCUT2D eigenvalue weighted by atomic mass is 9.96. The maximum Gasteiger partial charge on any atom is 0.165 e. The number of imidazole rings is 1. The Morgan fingerprint density at radius 3 is 2.69 bits per heavy atom. The van der Waals surface area contributed by atoms with E-state index in [-0.39, 0.29) is 11.6 Å². The lowest BCUT2D eigenvalue weighted by Crippen LogP contribution is -2.18. The summed E-state index contributed by atoms with van der Waals surface area (Å²) in [5.74, 6) is 2.29. The molecule has 3 aromatic heterocycles. The van der Waals surface area contributed by atoms with Crippen molar-refractivity contribution in [3.8, 4) is 16.9 Å². The van der Waals surface area contributed by atoms with Gasteiger partial charge in [0.1, 0.15) is 17.1 Å². The number of halogens is 1. The molecule has 4 heterocycles. The Labute approximate surface area is 204 Å². The lowest BCUT2D eigenvalue weighted by molar-refractivity contribution is 0.0626. The smallest absolute Gasteiger partial charge is 0.165 e. The van der Waals surface area contributed by atoms with E-state index in [9.17, 15) is 4.39 Å². The molecule has 7 nitrogen and oxygen atoms in total. The SMILES string of the molecule is COc1ccc(CCc2nc3cc(-c4c(C)noc4C)cnc3n2CCC2CCOCC2)cc1F. The normalized spacial score (nSPS) is 14.6. The summed E-state index contributed by atoms with van der Waals surface area (Å²) >= 11 is 0. The predicted octanol–water partition coefficient (Wildman–Crippen LogP) is 5.45. The molecule has 1 aliphatic heterocycles. The molecule has 1 aromatic carbocycles. The number of hydrogen-bond donors (Lipinski definition) is 0. The van der Waals surface area contributed by atoms with Gasteiger partial charge in [0.15, 0.2) is 17.2 Å². The zero-order valence-electron chi connectivity index (χ0n) is 20.5. The van der Waals surface area contributed by atoms with Crippen LogP contribution >= 0.6 is 0 Å². The van der Waals surface area contributed by atoms with E-state index < -0.39 is 0 Å². The number of fused-ring (bicyclic) bond motifs is 1. The van der Waals surface area contributed by atoms with Crippen LogP contribution in [0.5, 0.6) is 5.75 Å². The highest BCUT2D eigenvalue weighted by Crippen LogP contribution is 2.30. The van der Waals surface area contributed by atoms with E-state index in [2.05, 4.69) is 15.8 Å². The van der Waals surface area contributed by atoms with E-state index >= 15 is 0 Å². The van der Waals surface area contributed by atoms with E-state index in [1.807, 2.05) is 26.1 Å². The lowest BCUT2D eigenvalue weighted by Gasteiger charge is -2.22. The van der Waals surface area contributed by atoms with Crippen LogP contribution in [0.25, 0.3) is 22.3 Å². The Morgan fingerprint density at radius 2 is 1.97 bits per heavy atom. The molecule has 4 aromatic rings. The Morgan fingerprint density at radius 1 is 1.14 bits per heavy atom. The number of methoxy groups -OCH3 is 1. The van der Waals surface area contributed by atoms with Crippen LogP contribution in [0.15, 0.2) is 35.0 Å². The van der Waals surface area contributed by atoms with Gasteiger partial charge in [-0.15, -0.1) is 0 Å². The molecule has 8 heteroatoms. The molecule has 1 saturated heterocycles. The van der Waals surface area contributed by atoms with Crippen LogP contribution in [0.1, 0.15) is 42.1 Å². The summed E-state index contributed by atoms with van der Waals surface area (Å²) in [4.78, 5) is 9.81. The summed E-state index contributed by atoms with van der Waals surface area (Å²) < 4.78 is 32.4. The zero-order valence-corrected chi connectivity index (χ0v) is 20.5. The zero-order chi connectivity index (χ0) is 24.4. The monoisotopic (exact) mass is 478 g/mol. The van der Waals surface area contributed by atoms with Gasteiger partial charge in [0, 0.05) is 43.5 Å². The first-order valence-corrected chi connectivity index (χ1v) is 12.2. The second-order valence-electron chi connectivity index (χ2n) is 9.26. The first kappa shape index (κ1) is 23.5. The van der Waals surface area contributed by atoms with Crippen LogP contribution in [0.2, 0.25) is 0 Å². The Bertz CT molecular complexity index is 1300. The second kappa shape index (κ2) is 10.2. The Kier molecular flexibility index (Phi) is 6.81. The summed E-state index contributed by atoms with van der Waals surface area (Å²) in [7, 11) is 1.47. The van der Waals surface area contributed by atoms with Gasteiger partial charge in [0.05, 0.1) is 12.8 Å². The van der Waals surface area contributed by atoms with Crippen LogP contribution in [0, 0.1) is 25.6 Å². The van der Waals surface area contributed by atoms with Crippen molar-refractivity contribution in [1.29, 1.82) is 0 Å². The van der Waals surface area contributed by atoms with Crippen LogP contribution in [-0.2, 0) is 24.1 Å². The molecule has 0 spiro atoms. The summed E-state index contributed by atoms with van der Waals surface area (Å²) in [5, 5.41) is 4.08. The van der Waals surface area contributed by atoms with Gasteiger partial charge in [-0.2, -0.15) is 0 Å². The summed E-state index contributed by atoms with van der Waals surface area (Å²) in [5.41, 5.74) is 5.40. The van der Waals surface area contributed by atoms with Crippen molar-refractivity contribution < 1.29 is 18.4 Å². The fourth-order valence-corrected chi connectivity index (χ4v) is 4.98. The number of aromatic nitrogens is 4. The predicted molar refractivity (Wildman–Crippen MR) is 131 cm³/mol. The number of pyridine rings is 1. The number of rotatable bonds is 8. The van der Waals surface area contributed by atoms with E-state index in [4.69, 9.17) is 24.0 Å². The largest absolute Gasteiger partial charge is 0.494 e. The third kappa shape index (κ3) is 4.93. The van der Waals surface area contributed by atoms with Crippen molar-refractivity contribution in [2.75, 3.05) is 20.3 Å². The average molecular weight is 479 g/mol. The van der Waals surface area contributed by atoms with Crippen molar-refractivity contribution in [1.82, 2.24) is 19.7 Å². The van der Waals surface area contributed by atoms with Crippen molar-refractivity contribution in [2.45, 2.75) is 52.5 Å². The van der Waals surface area contributed by atoms with Gasteiger partial charge in [-0.05, 0) is 69.2 Å². The molecule has 1 fully saturated rings. The number of nitrogens with zero attached hydrogens (tertiary/aromatic N) is 4. The standard InChI is InChI=1S/C27H31FN4O3/c1-17-26(18(2)35-31-17)21-15-23-27(29-16-21)32(11-8-19-9-12-34-13-10-19)25(30-23)7-5-20-4-6-24(33-3)22(28)14-20/h4,6,14-16,19H,5,7-13H2,1-3H3. The molecule has 0 amide bonds. The van der Waals surface area contributed by atoms with Crippen LogP contribution in [-0.4, -0.2) is 40.0 Å². The molecule has 0 saturated carbocycles. The van der Waals surface area contributed by atoms with Crippen LogP contribution in [0.3, 0.4) is 0 Å². The summed E-state index contributed by atoms with van der Waals surface area (Å²) in [6.07, 6.45) is 6.50. The molecule has 0 aliphatic carbocycles. The average Bonchev–Trinajstić information content (AvgIpc) is 3.39. The van der Waals surface area contributed by atoms with Crippen molar-refractivity contribution in [3.05, 3.63) is 59.1 Å². The van der Waals surface area contributed by atoms with Gasteiger partial charge >= 0.3 is 0 Å². The van der Waals surface area contributed by atoms with Gasteiger partial charge < -0.3 is 18.6 Å². The maximum absolute atomic E-state index is 14.2. The molecule has 0 N–H and O–H groups in total. The summed E-state index contributed by atoms with van der Waals surface area (Å²) in [6, 6.07) is 7.19. The van der Waals surface area contributed by atoms with E-state index in [1.54, 1.807) is 12.1 Å². The molecule has 5 rings (SSSR count). The summed E-state index contributed by atoms with van der Waals surface area (Å²) in [6.45, 7) is 6.37. The van der Waals surface area contributed by atoms with E-state index in [0.29, 0.717) is 18.8 Å². The number of ether oxygens (including phenoxy) is 2.